The van der Waals surface area contributed by atoms with Gasteiger partial charge in [-0.05, 0) is 60.0 Å². The van der Waals surface area contributed by atoms with Crippen molar-refractivity contribution >= 4 is 16.8 Å². The minimum absolute atomic E-state index is 0.127. The average molecular weight is 408 g/mol. The largest absolute Gasteiger partial charge is 0.349 e. The predicted octanol–water partition coefficient (Wildman–Crippen LogP) is 4.29. The Morgan fingerprint density at radius 2 is 1.73 bits per heavy atom. The third kappa shape index (κ3) is 4.73. The van der Waals surface area contributed by atoms with E-state index in [4.69, 9.17) is 0 Å². The molecule has 1 aromatic heterocycles. The van der Waals surface area contributed by atoms with Crippen molar-refractivity contribution in [2.24, 2.45) is 0 Å². The summed E-state index contributed by atoms with van der Waals surface area (Å²) in [7, 11) is 3.60. The van der Waals surface area contributed by atoms with Crippen LogP contribution in [0.15, 0.2) is 54.7 Å². The van der Waals surface area contributed by atoms with E-state index in [9.17, 15) is 9.18 Å². The summed E-state index contributed by atoms with van der Waals surface area (Å²) in [4.78, 5) is 16.2. The second kappa shape index (κ2) is 9.00. The molecule has 4 nitrogen and oxygen atoms in total. The van der Waals surface area contributed by atoms with Gasteiger partial charge in [0.1, 0.15) is 5.82 Å². The third-order valence-electron chi connectivity index (χ3n) is 6.22. The third-order valence-corrected chi connectivity index (χ3v) is 6.22. The van der Waals surface area contributed by atoms with E-state index in [0.29, 0.717) is 12.5 Å². The molecule has 1 fully saturated rings. The fourth-order valence-electron chi connectivity index (χ4n) is 4.32. The number of carbonyl (C=O) groups is 1. The van der Waals surface area contributed by atoms with Crippen LogP contribution >= 0.6 is 0 Å². The van der Waals surface area contributed by atoms with Gasteiger partial charge in [0, 0.05) is 51.5 Å². The van der Waals surface area contributed by atoms with Crippen molar-refractivity contribution in [2.75, 3.05) is 33.7 Å². The van der Waals surface area contributed by atoms with Crippen LogP contribution in [0, 0.1) is 5.82 Å². The predicted molar refractivity (Wildman–Crippen MR) is 119 cm³/mol. The molecule has 0 unspecified atom stereocenters. The van der Waals surface area contributed by atoms with Gasteiger partial charge in [-0.2, -0.15) is 0 Å². The zero-order valence-electron chi connectivity index (χ0n) is 17.9. The molecule has 0 aliphatic carbocycles. The second-order valence-corrected chi connectivity index (χ2v) is 8.53. The molecule has 0 radical (unpaired) electrons. The highest BCUT2D eigenvalue weighted by molar-refractivity contribution is 5.84. The summed E-state index contributed by atoms with van der Waals surface area (Å²) in [6, 6.07) is 15.9. The van der Waals surface area contributed by atoms with Crippen molar-refractivity contribution in [1.82, 2.24) is 14.4 Å². The molecule has 0 N–H and O–H groups in total. The minimum Gasteiger partial charge on any atom is -0.349 e. The Morgan fingerprint density at radius 3 is 2.43 bits per heavy atom. The molecule has 1 aliphatic heterocycles. The van der Waals surface area contributed by atoms with Gasteiger partial charge in [0.05, 0.1) is 6.42 Å². The molecule has 0 bridgehead atoms. The molecule has 2 heterocycles. The van der Waals surface area contributed by atoms with Crippen LogP contribution in [0.3, 0.4) is 0 Å². The molecule has 5 heteroatoms. The van der Waals surface area contributed by atoms with Crippen molar-refractivity contribution in [2.45, 2.75) is 31.7 Å². The summed E-state index contributed by atoms with van der Waals surface area (Å²) in [6.45, 7) is 3.16. The van der Waals surface area contributed by atoms with Crippen molar-refractivity contribution in [1.29, 1.82) is 0 Å². The van der Waals surface area contributed by atoms with Crippen LogP contribution in [0.2, 0.25) is 0 Å². The fraction of sp³-hybridized carbons (Fsp3) is 0.400. The highest BCUT2D eigenvalue weighted by Gasteiger charge is 2.21. The standard InChI is InChI=1S/C25H30FN3O/c1-27(2)25(30)18-20-3-6-21-10-16-29(24(21)17-20)23-11-14-28(15-12-23)13-9-19-4-7-22(26)8-5-19/h3-8,10,16-17,23H,9,11-15,18H2,1-2H3. The molecular formula is C25H30FN3O. The van der Waals surface area contributed by atoms with Crippen molar-refractivity contribution in [3.8, 4) is 0 Å². The molecule has 1 amide bonds. The van der Waals surface area contributed by atoms with E-state index in [1.54, 1.807) is 31.1 Å². The molecule has 158 valence electrons. The molecule has 4 rings (SSSR count). The van der Waals surface area contributed by atoms with E-state index in [-0.39, 0.29) is 11.7 Å². The lowest BCUT2D eigenvalue weighted by molar-refractivity contribution is -0.127. The number of likely N-dealkylation sites (N-methyl/N-ethyl adjacent to an activating group) is 1. The molecule has 0 saturated carbocycles. The highest BCUT2D eigenvalue weighted by Crippen LogP contribution is 2.28. The van der Waals surface area contributed by atoms with E-state index in [2.05, 4.69) is 39.9 Å². The Labute approximate surface area is 177 Å². The topological polar surface area (TPSA) is 28.5 Å². The van der Waals surface area contributed by atoms with Crippen molar-refractivity contribution < 1.29 is 9.18 Å². The molecule has 1 saturated heterocycles. The zero-order chi connectivity index (χ0) is 21.1. The summed E-state index contributed by atoms with van der Waals surface area (Å²) < 4.78 is 15.5. The molecule has 0 atom stereocenters. The van der Waals surface area contributed by atoms with Gasteiger partial charge < -0.3 is 14.4 Å². The summed E-state index contributed by atoms with van der Waals surface area (Å²) in [5, 5.41) is 1.23. The van der Waals surface area contributed by atoms with Crippen LogP contribution < -0.4 is 0 Å². The van der Waals surface area contributed by atoms with Crippen LogP contribution in [0.5, 0.6) is 0 Å². The lowest BCUT2D eigenvalue weighted by Crippen LogP contribution is -2.35. The molecule has 30 heavy (non-hydrogen) atoms. The van der Waals surface area contributed by atoms with E-state index in [1.807, 2.05) is 12.1 Å². The van der Waals surface area contributed by atoms with Gasteiger partial charge in [0.15, 0.2) is 0 Å². The average Bonchev–Trinajstić information content (AvgIpc) is 3.17. The first kappa shape index (κ1) is 20.6. The number of nitrogens with zero attached hydrogens (tertiary/aromatic N) is 3. The summed E-state index contributed by atoms with van der Waals surface area (Å²) in [5.41, 5.74) is 3.48. The van der Waals surface area contributed by atoms with Gasteiger partial charge in [-0.15, -0.1) is 0 Å². The quantitative estimate of drug-likeness (QED) is 0.610. The number of hydrogen-bond acceptors (Lipinski definition) is 2. The molecule has 0 spiro atoms. The van der Waals surface area contributed by atoms with E-state index in [0.717, 1.165) is 44.5 Å². The molecule has 3 aromatic rings. The SMILES string of the molecule is CN(C)C(=O)Cc1ccc2ccn(C3CCN(CCc4ccc(F)cc4)CC3)c2c1. The van der Waals surface area contributed by atoms with Gasteiger partial charge in [-0.1, -0.05) is 24.3 Å². The summed E-state index contributed by atoms with van der Waals surface area (Å²) >= 11 is 0. The number of likely N-dealkylation sites (tertiary alicyclic amines) is 1. The molecule has 2 aromatic carbocycles. The second-order valence-electron chi connectivity index (χ2n) is 8.53. The maximum Gasteiger partial charge on any atom is 0.226 e. The van der Waals surface area contributed by atoms with Crippen molar-refractivity contribution in [3.05, 3.63) is 71.7 Å². The van der Waals surface area contributed by atoms with Crippen LogP contribution in [-0.4, -0.2) is 54.0 Å². The number of fused-ring (bicyclic) bond motifs is 1. The Morgan fingerprint density at radius 1 is 1.03 bits per heavy atom. The van der Waals surface area contributed by atoms with E-state index in [1.165, 1.54) is 16.5 Å². The number of benzene rings is 2. The first-order chi connectivity index (χ1) is 14.5. The van der Waals surface area contributed by atoms with E-state index < -0.39 is 0 Å². The maximum atomic E-state index is 13.1. The van der Waals surface area contributed by atoms with Crippen LogP contribution in [-0.2, 0) is 17.6 Å². The van der Waals surface area contributed by atoms with Gasteiger partial charge in [0.25, 0.3) is 0 Å². The number of halogens is 1. The number of rotatable bonds is 6. The molecular weight excluding hydrogens is 377 g/mol. The normalized spacial score (nSPS) is 15.6. The first-order valence-corrected chi connectivity index (χ1v) is 10.8. The smallest absolute Gasteiger partial charge is 0.226 e. The Kier molecular flexibility index (Phi) is 6.18. The lowest BCUT2D eigenvalue weighted by atomic mass is 10.0. The van der Waals surface area contributed by atoms with Crippen molar-refractivity contribution in [3.63, 3.8) is 0 Å². The number of amides is 1. The fourth-order valence-corrected chi connectivity index (χ4v) is 4.32. The van der Waals surface area contributed by atoms with Gasteiger partial charge in [-0.25, -0.2) is 4.39 Å². The monoisotopic (exact) mass is 407 g/mol. The minimum atomic E-state index is -0.173. The van der Waals surface area contributed by atoms with Crippen LogP contribution in [0.4, 0.5) is 4.39 Å². The number of aromatic nitrogens is 1. The maximum absolute atomic E-state index is 13.1. The Balaban J connectivity index is 1.38. The lowest BCUT2D eigenvalue weighted by Gasteiger charge is -2.33. The zero-order valence-corrected chi connectivity index (χ0v) is 17.9. The Bertz CT molecular complexity index is 1000. The summed E-state index contributed by atoms with van der Waals surface area (Å²) in [6.07, 6.45) is 5.83. The Hall–Kier alpha value is -2.66. The van der Waals surface area contributed by atoms with Gasteiger partial charge >= 0.3 is 0 Å². The number of carbonyl (C=O) groups excluding carboxylic acids is 1. The number of hydrogen-bond donors (Lipinski definition) is 0. The van der Waals surface area contributed by atoms with Gasteiger partial charge in [0.2, 0.25) is 5.91 Å². The number of piperidine rings is 1. The van der Waals surface area contributed by atoms with Crippen LogP contribution in [0.25, 0.3) is 10.9 Å². The summed E-state index contributed by atoms with van der Waals surface area (Å²) in [5.74, 6) is -0.0466. The van der Waals surface area contributed by atoms with Crippen LogP contribution in [0.1, 0.15) is 30.0 Å². The highest BCUT2D eigenvalue weighted by atomic mass is 19.1. The van der Waals surface area contributed by atoms with E-state index >= 15 is 0 Å². The molecule has 1 aliphatic rings. The first-order valence-electron chi connectivity index (χ1n) is 10.8. The van der Waals surface area contributed by atoms with Gasteiger partial charge in [-0.3, -0.25) is 4.79 Å².